The van der Waals surface area contributed by atoms with Crippen molar-refractivity contribution in [2.45, 2.75) is 50.9 Å². The van der Waals surface area contributed by atoms with Crippen LogP contribution in [0.4, 0.5) is 26.3 Å². The van der Waals surface area contributed by atoms with Crippen LogP contribution in [0.25, 0.3) is 0 Å². The molecule has 12 heteroatoms. The van der Waals surface area contributed by atoms with E-state index in [0.717, 1.165) is 5.56 Å². The summed E-state index contributed by atoms with van der Waals surface area (Å²) in [4.78, 5) is 26.6. The van der Waals surface area contributed by atoms with Crippen LogP contribution in [-0.4, -0.2) is 35.0 Å². The van der Waals surface area contributed by atoms with Gasteiger partial charge in [-0.25, -0.2) is 0 Å². The van der Waals surface area contributed by atoms with Crippen LogP contribution in [0.3, 0.4) is 0 Å². The Bertz CT molecular complexity index is 1430. The number of aliphatic hydroxyl groups excluding tert-OH is 1. The molecule has 6 nitrogen and oxygen atoms in total. The third-order valence-electron chi connectivity index (χ3n) is 7.30. The molecular weight excluding hydrogens is 580 g/mol. The lowest BCUT2D eigenvalue weighted by Gasteiger charge is -2.28. The standard InChI is InChI=1S/C31H29F6NO5/c1-19(25-15-23(30(32,33)34)10-11-26(25)31(35,36)37)38-13-12-22(17-38)29(41)43-24-9-5-8-21(14-24)27(39)16-28(40)42-18-20-6-3-2-4-7-20/h2-11,14-15,19,22,27,39H,12-13,16-18H2,1H3/t19?,22?,27-/m1/s1. The van der Waals surface area contributed by atoms with Crippen LogP contribution in [0.1, 0.15) is 59.7 Å². The minimum Gasteiger partial charge on any atom is -0.461 e. The van der Waals surface area contributed by atoms with Crippen molar-refractivity contribution >= 4 is 11.9 Å². The van der Waals surface area contributed by atoms with E-state index in [1.54, 1.807) is 30.3 Å². The van der Waals surface area contributed by atoms with Crippen LogP contribution < -0.4 is 4.74 Å². The Kier molecular flexibility index (Phi) is 9.81. The van der Waals surface area contributed by atoms with Crippen LogP contribution in [0.2, 0.25) is 0 Å². The number of rotatable bonds is 9. The molecule has 3 aromatic carbocycles. The van der Waals surface area contributed by atoms with Crippen molar-refractivity contribution in [2.75, 3.05) is 13.1 Å². The fourth-order valence-electron chi connectivity index (χ4n) is 4.93. The number of carbonyl (C=O) groups is 2. The molecule has 0 bridgehead atoms. The number of likely N-dealkylation sites (tertiary alicyclic amines) is 1. The second kappa shape index (κ2) is 13.2. The fraction of sp³-hybridized carbons (Fsp3) is 0.355. The maximum absolute atomic E-state index is 13.6. The van der Waals surface area contributed by atoms with E-state index in [1.165, 1.54) is 30.0 Å². The van der Waals surface area contributed by atoms with Gasteiger partial charge in [-0.05, 0) is 66.9 Å². The van der Waals surface area contributed by atoms with Gasteiger partial charge in [0, 0.05) is 12.6 Å². The Labute approximate surface area is 243 Å². The third kappa shape index (κ3) is 8.35. The highest BCUT2D eigenvalue weighted by atomic mass is 19.4. The summed E-state index contributed by atoms with van der Waals surface area (Å²) >= 11 is 0. The average molecular weight is 610 g/mol. The molecule has 4 rings (SSSR count). The number of hydrogen-bond donors (Lipinski definition) is 1. The molecule has 43 heavy (non-hydrogen) atoms. The lowest BCUT2D eigenvalue weighted by Crippen LogP contribution is -2.29. The predicted molar refractivity (Wildman–Crippen MR) is 142 cm³/mol. The number of halogens is 6. The molecule has 0 radical (unpaired) electrons. The number of ether oxygens (including phenoxy) is 2. The van der Waals surface area contributed by atoms with Crippen molar-refractivity contribution in [3.05, 3.63) is 101 Å². The Morgan fingerprint density at radius 1 is 0.953 bits per heavy atom. The molecule has 1 aliphatic rings. The summed E-state index contributed by atoms with van der Waals surface area (Å²) in [5, 5.41) is 10.5. The number of esters is 2. The summed E-state index contributed by atoms with van der Waals surface area (Å²) in [6, 6.07) is 15.2. The van der Waals surface area contributed by atoms with Gasteiger partial charge in [-0.15, -0.1) is 0 Å². The van der Waals surface area contributed by atoms with E-state index in [2.05, 4.69) is 0 Å². The zero-order valence-electron chi connectivity index (χ0n) is 23.0. The van der Waals surface area contributed by atoms with Crippen LogP contribution >= 0.6 is 0 Å². The summed E-state index contributed by atoms with van der Waals surface area (Å²) in [5.41, 5.74) is -1.80. The number of nitrogens with zero attached hydrogens (tertiary/aromatic N) is 1. The number of carbonyl (C=O) groups excluding carboxylic acids is 2. The second-order valence-electron chi connectivity index (χ2n) is 10.3. The Hall–Kier alpha value is -3.90. The SMILES string of the molecule is CC(c1cc(C(F)(F)F)ccc1C(F)(F)F)N1CCC(C(=O)Oc2cccc([C@H](O)CC(=O)OCc3ccccc3)c2)C1. The van der Waals surface area contributed by atoms with Gasteiger partial charge in [0.15, 0.2) is 0 Å². The number of aliphatic hydroxyl groups is 1. The van der Waals surface area contributed by atoms with Gasteiger partial charge in [-0.3, -0.25) is 14.5 Å². The molecule has 3 aromatic rings. The Morgan fingerprint density at radius 2 is 1.67 bits per heavy atom. The van der Waals surface area contributed by atoms with E-state index in [0.29, 0.717) is 23.8 Å². The zero-order chi connectivity index (χ0) is 31.4. The molecule has 1 heterocycles. The minimum atomic E-state index is -4.86. The molecule has 1 fully saturated rings. The molecule has 230 valence electrons. The molecule has 3 atom stereocenters. The first-order valence-corrected chi connectivity index (χ1v) is 13.4. The van der Waals surface area contributed by atoms with Gasteiger partial charge in [0.2, 0.25) is 0 Å². The van der Waals surface area contributed by atoms with Gasteiger partial charge in [-0.1, -0.05) is 42.5 Å². The zero-order valence-corrected chi connectivity index (χ0v) is 23.0. The molecule has 0 spiro atoms. The first kappa shape index (κ1) is 32.0. The van der Waals surface area contributed by atoms with Crippen molar-refractivity contribution < 1.29 is 50.5 Å². The summed E-state index contributed by atoms with van der Waals surface area (Å²) in [6.45, 7) is 1.56. The Morgan fingerprint density at radius 3 is 2.35 bits per heavy atom. The van der Waals surface area contributed by atoms with E-state index in [1.807, 2.05) is 6.07 Å². The molecule has 0 aromatic heterocycles. The lowest BCUT2D eigenvalue weighted by atomic mass is 9.97. The van der Waals surface area contributed by atoms with Crippen molar-refractivity contribution in [1.29, 1.82) is 0 Å². The van der Waals surface area contributed by atoms with Crippen LogP contribution in [0, 0.1) is 5.92 Å². The summed E-state index contributed by atoms with van der Waals surface area (Å²) in [5.74, 6) is -1.97. The van der Waals surface area contributed by atoms with Crippen LogP contribution in [0.15, 0.2) is 72.8 Å². The van der Waals surface area contributed by atoms with E-state index in [9.17, 15) is 41.0 Å². The van der Waals surface area contributed by atoms with Gasteiger partial charge >= 0.3 is 24.3 Å². The fourth-order valence-corrected chi connectivity index (χ4v) is 4.93. The van der Waals surface area contributed by atoms with Gasteiger partial charge in [0.1, 0.15) is 12.4 Å². The average Bonchev–Trinajstić information content (AvgIpc) is 3.46. The monoisotopic (exact) mass is 609 g/mol. The Balaban J connectivity index is 1.37. The molecular formula is C31H29F6NO5. The van der Waals surface area contributed by atoms with Gasteiger partial charge < -0.3 is 14.6 Å². The largest absolute Gasteiger partial charge is 0.461 e. The maximum Gasteiger partial charge on any atom is 0.416 e. The molecule has 1 N–H and O–H groups in total. The second-order valence-corrected chi connectivity index (χ2v) is 10.3. The van der Waals surface area contributed by atoms with Gasteiger partial charge in [0.25, 0.3) is 0 Å². The normalized spacial score (nSPS) is 17.3. The number of benzene rings is 3. The lowest BCUT2D eigenvalue weighted by molar-refractivity contribution is -0.147. The maximum atomic E-state index is 13.6. The number of hydrogen-bond acceptors (Lipinski definition) is 6. The van der Waals surface area contributed by atoms with Crippen molar-refractivity contribution in [3.63, 3.8) is 0 Å². The summed E-state index contributed by atoms with van der Waals surface area (Å²) in [7, 11) is 0. The highest BCUT2D eigenvalue weighted by Gasteiger charge is 2.40. The van der Waals surface area contributed by atoms with Gasteiger partial charge in [-0.2, -0.15) is 26.3 Å². The molecule has 2 unspecified atom stereocenters. The molecule has 1 saturated heterocycles. The molecule has 0 aliphatic carbocycles. The topological polar surface area (TPSA) is 76.1 Å². The smallest absolute Gasteiger partial charge is 0.416 e. The van der Waals surface area contributed by atoms with E-state index in [4.69, 9.17) is 9.47 Å². The molecule has 1 aliphatic heterocycles. The van der Waals surface area contributed by atoms with Crippen molar-refractivity contribution in [3.8, 4) is 5.75 Å². The first-order valence-electron chi connectivity index (χ1n) is 13.4. The summed E-state index contributed by atoms with van der Waals surface area (Å²) < 4.78 is 91.3. The highest BCUT2D eigenvalue weighted by Crippen LogP contribution is 2.41. The molecule has 0 amide bonds. The van der Waals surface area contributed by atoms with E-state index >= 15 is 0 Å². The number of alkyl halides is 6. The van der Waals surface area contributed by atoms with E-state index < -0.39 is 59.0 Å². The first-order chi connectivity index (χ1) is 20.2. The summed E-state index contributed by atoms with van der Waals surface area (Å²) in [6.07, 6.45) is -11.0. The van der Waals surface area contributed by atoms with Crippen LogP contribution in [0.5, 0.6) is 5.75 Å². The van der Waals surface area contributed by atoms with Gasteiger partial charge in [0.05, 0.1) is 29.6 Å². The minimum absolute atomic E-state index is 0.0247. The predicted octanol–water partition coefficient (Wildman–Crippen LogP) is 6.88. The third-order valence-corrected chi connectivity index (χ3v) is 7.30. The van der Waals surface area contributed by atoms with E-state index in [-0.39, 0.29) is 38.3 Å². The highest BCUT2D eigenvalue weighted by molar-refractivity contribution is 5.76. The van der Waals surface area contributed by atoms with Crippen molar-refractivity contribution in [2.24, 2.45) is 5.92 Å². The van der Waals surface area contributed by atoms with Crippen LogP contribution in [-0.2, 0) is 33.3 Å². The van der Waals surface area contributed by atoms with Crippen molar-refractivity contribution in [1.82, 2.24) is 4.90 Å². The molecule has 0 saturated carbocycles. The quantitative estimate of drug-likeness (QED) is 0.162.